The molecule has 0 aliphatic heterocycles. The quantitative estimate of drug-likeness (QED) is 0.726. The van der Waals surface area contributed by atoms with Crippen molar-refractivity contribution in [2.24, 2.45) is 5.92 Å². The van der Waals surface area contributed by atoms with Crippen LogP contribution < -0.4 is 5.32 Å². The Balaban J connectivity index is 2.25. The molecule has 0 heterocycles. The molecular weight excluding hydrogens is 243 g/mol. The first-order valence-corrected chi connectivity index (χ1v) is 6.89. The lowest BCUT2D eigenvalue weighted by Gasteiger charge is -2.22. The van der Waals surface area contributed by atoms with Crippen LogP contribution in [0.3, 0.4) is 0 Å². The minimum absolute atomic E-state index is 0.0652. The van der Waals surface area contributed by atoms with E-state index in [4.69, 9.17) is 4.74 Å². The fraction of sp³-hybridized carbons (Fsp3) is 1.00. The van der Waals surface area contributed by atoms with E-state index in [2.05, 4.69) is 12.2 Å². The second kappa shape index (κ2) is 8.00. The molecule has 1 aliphatic carbocycles. The van der Waals surface area contributed by atoms with E-state index < -0.39 is 12.8 Å². The molecule has 0 aromatic rings. The van der Waals surface area contributed by atoms with Gasteiger partial charge in [0.1, 0.15) is 6.61 Å². The SMILES string of the molecule is CCCNC(COCC(F)(F)F)CC1CCCC1. The number of alkyl halides is 3. The summed E-state index contributed by atoms with van der Waals surface area (Å²) in [6.07, 6.45) is 2.65. The van der Waals surface area contributed by atoms with E-state index >= 15 is 0 Å². The summed E-state index contributed by atoms with van der Waals surface area (Å²) in [5.74, 6) is 0.661. The van der Waals surface area contributed by atoms with Gasteiger partial charge in [0.05, 0.1) is 6.61 Å². The van der Waals surface area contributed by atoms with Crippen molar-refractivity contribution in [2.75, 3.05) is 19.8 Å². The van der Waals surface area contributed by atoms with Crippen LogP contribution in [0.5, 0.6) is 0 Å². The Kier molecular flexibility index (Phi) is 7.00. The average Bonchev–Trinajstić information content (AvgIpc) is 2.76. The maximum absolute atomic E-state index is 12.0. The molecule has 1 N–H and O–H groups in total. The van der Waals surface area contributed by atoms with Crippen molar-refractivity contribution in [1.82, 2.24) is 5.32 Å². The van der Waals surface area contributed by atoms with Crippen LogP contribution in [0.2, 0.25) is 0 Å². The van der Waals surface area contributed by atoms with Crippen molar-refractivity contribution in [2.45, 2.75) is 57.7 Å². The number of rotatable bonds is 8. The highest BCUT2D eigenvalue weighted by molar-refractivity contribution is 4.75. The molecule has 2 nitrogen and oxygen atoms in total. The molecule has 0 spiro atoms. The van der Waals surface area contributed by atoms with Gasteiger partial charge in [0, 0.05) is 6.04 Å². The largest absolute Gasteiger partial charge is 0.411 e. The van der Waals surface area contributed by atoms with Gasteiger partial charge in [0.25, 0.3) is 0 Å². The summed E-state index contributed by atoms with van der Waals surface area (Å²) in [4.78, 5) is 0. The number of halogens is 3. The Morgan fingerprint density at radius 3 is 2.50 bits per heavy atom. The summed E-state index contributed by atoms with van der Waals surface area (Å²) in [5.41, 5.74) is 0. The Labute approximate surface area is 107 Å². The van der Waals surface area contributed by atoms with Crippen molar-refractivity contribution in [3.63, 3.8) is 0 Å². The van der Waals surface area contributed by atoms with Gasteiger partial charge in [-0.15, -0.1) is 0 Å². The van der Waals surface area contributed by atoms with E-state index in [0.29, 0.717) is 5.92 Å². The maximum Gasteiger partial charge on any atom is 0.411 e. The van der Waals surface area contributed by atoms with E-state index in [1.54, 1.807) is 0 Å². The molecule has 0 amide bonds. The van der Waals surface area contributed by atoms with Crippen LogP contribution in [-0.4, -0.2) is 32.0 Å². The zero-order chi connectivity index (χ0) is 13.4. The van der Waals surface area contributed by atoms with E-state index in [0.717, 1.165) is 19.4 Å². The first kappa shape index (κ1) is 15.8. The second-order valence-electron chi connectivity index (χ2n) is 5.17. The van der Waals surface area contributed by atoms with Gasteiger partial charge in [-0.25, -0.2) is 0 Å². The number of nitrogens with one attached hydrogen (secondary N) is 1. The molecule has 1 saturated carbocycles. The van der Waals surface area contributed by atoms with Gasteiger partial charge in [-0.2, -0.15) is 13.2 Å². The fourth-order valence-corrected chi connectivity index (χ4v) is 2.52. The molecule has 0 bridgehead atoms. The molecule has 1 rings (SSSR count). The van der Waals surface area contributed by atoms with E-state index in [-0.39, 0.29) is 12.6 Å². The monoisotopic (exact) mass is 267 g/mol. The minimum atomic E-state index is -4.22. The molecule has 5 heteroatoms. The van der Waals surface area contributed by atoms with Gasteiger partial charge < -0.3 is 10.1 Å². The van der Waals surface area contributed by atoms with Crippen molar-refractivity contribution in [3.8, 4) is 0 Å². The minimum Gasteiger partial charge on any atom is -0.370 e. The normalized spacial score (nSPS) is 19.3. The van der Waals surface area contributed by atoms with Crippen LogP contribution in [0, 0.1) is 5.92 Å². The summed E-state index contributed by atoms with van der Waals surface area (Å²) in [7, 11) is 0. The van der Waals surface area contributed by atoms with Crippen molar-refractivity contribution in [3.05, 3.63) is 0 Å². The number of hydrogen-bond acceptors (Lipinski definition) is 2. The summed E-state index contributed by atoms with van der Waals surface area (Å²) >= 11 is 0. The van der Waals surface area contributed by atoms with Crippen LogP contribution in [0.4, 0.5) is 13.2 Å². The Hall–Kier alpha value is -0.290. The van der Waals surface area contributed by atoms with Gasteiger partial charge in [-0.1, -0.05) is 32.6 Å². The molecule has 0 aromatic heterocycles. The summed E-state index contributed by atoms with van der Waals surface area (Å²) in [6, 6.07) is 0.0652. The molecule has 0 radical (unpaired) electrons. The lowest BCUT2D eigenvalue weighted by molar-refractivity contribution is -0.175. The molecule has 0 saturated heterocycles. The van der Waals surface area contributed by atoms with E-state index in [9.17, 15) is 13.2 Å². The maximum atomic E-state index is 12.0. The van der Waals surface area contributed by atoms with Crippen LogP contribution in [0.1, 0.15) is 45.4 Å². The third-order valence-electron chi connectivity index (χ3n) is 3.36. The fourth-order valence-electron chi connectivity index (χ4n) is 2.52. The predicted octanol–water partition coefficient (Wildman–Crippen LogP) is 3.51. The highest BCUT2D eigenvalue weighted by Crippen LogP contribution is 2.28. The van der Waals surface area contributed by atoms with Gasteiger partial charge in [-0.3, -0.25) is 0 Å². The van der Waals surface area contributed by atoms with E-state index in [1.807, 2.05) is 0 Å². The van der Waals surface area contributed by atoms with Gasteiger partial charge in [0.2, 0.25) is 0 Å². The standard InChI is InChI=1S/C13H24F3NO/c1-2-7-17-12(8-11-5-3-4-6-11)9-18-10-13(14,15)16/h11-12,17H,2-10H2,1H3. The molecule has 1 atom stereocenters. The molecule has 0 aromatic carbocycles. The first-order valence-electron chi connectivity index (χ1n) is 6.89. The Morgan fingerprint density at radius 1 is 1.28 bits per heavy atom. The summed E-state index contributed by atoms with van der Waals surface area (Å²) < 4.78 is 40.8. The Bertz CT molecular complexity index is 215. The lowest BCUT2D eigenvalue weighted by Crippen LogP contribution is -2.36. The third kappa shape index (κ3) is 7.21. The molecule has 1 fully saturated rings. The highest BCUT2D eigenvalue weighted by Gasteiger charge is 2.28. The van der Waals surface area contributed by atoms with Crippen molar-refractivity contribution < 1.29 is 17.9 Å². The topological polar surface area (TPSA) is 21.3 Å². The van der Waals surface area contributed by atoms with E-state index in [1.165, 1.54) is 25.7 Å². The van der Waals surface area contributed by atoms with Gasteiger partial charge in [-0.05, 0) is 25.3 Å². The third-order valence-corrected chi connectivity index (χ3v) is 3.36. The Morgan fingerprint density at radius 2 is 1.94 bits per heavy atom. The summed E-state index contributed by atoms with van der Waals surface area (Å²) in [6.45, 7) is 1.92. The average molecular weight is 267 g/mol. The van der Waals surface area contributed by atoms with Crippen LogP contribution in [-0.2, 0) is 4.74 Å². The van der Waals surface area contributed by atoms with Crippen molar-refractivity contribution >= 4 is 0 Å². The molecule has 1 unspecified atom stereocenters. The van der Waals surface area contributed by atoms with Gasteiger partial charge >= 0.3 is 6.18 Å². The predicted molar refractivity (Wildman–Crippen MR) is 65.5 cm³/mol. The van der Waals surface area contributed by atoms with Gasteiger partial charge in [0.15, 0.2) is 0 Å². The molecule has 18 heavy (non-hydrogen) atoms. The zero-order valence-corrected chi connectivity index (χ0v) is 11.1. The molecule has 1 aliphatic rings. The zero-order valence-electron chi connectivity index (χ0n) is 11.1. The van der Waals surface area contributed by atoms with Crippen molar-refractivity contribution in [1.29, 1.82) is 0 Å². The summed E-state index contributed by atoms with van der Waals surface area (Å²) in [5, 5.41) is 3.29. The molecule has 108 valence electrons. The van der Waals surface area contributed by atoms with Crippen LogP contribution in [0.15, 0.2) is 0 Å². The first-order chi connectivity index (χ1) is 8.51. The van der Waals surface area contributed by atoms with Crippen LogP contribution in [0.25, 0.3) is 0 Å². The number of ether oxygens (including phenoxy) is 1. The molecular formula is C13H24F3NO. The second-order valence-corrected chi connectivity index (χ2v) is 5.17. The highest BCUT2D eigenvalue weighted by atomic mass is 19.4. The lowest BCUT2D eigenvalue weighted by atomic mass is 9.99. The smallest absolute Gasteiger partial charge is 0.370 e. The number of hydrogen-bond donors (Lipinski definition) is 1. The van der Waals surface area contributed by atoms with Crippen LogP contribution >= 0.6 is 0 Å².